The van der Waals surface area contributed by atoms with E-state index < -0.39 is 12.1 Å². The first-order valence-corrected chi connectivity index (χ1v) is 5.47. The van der Waals surface area contributed by atoms with E-state index in [0.29, 0.717) is 5.02 Å². The number of carbonyl (C=O) groups is 1. The summed E-state index contributed by atoms with van der Waals surface area (Å²) < 4.78 is 4.67. The summed E-state index contributed by atoms with van der Waals surface area (Å²) in [4.78, 5) is 11.9. The number of rotatable bonds is 4. The molecule has 0 radical (unpaired) electrons. The maximum Gasteiger partial charge on any atom is 0.335 e. The van der Waals surface area contributed by atoms with Crippen molar-refractivity contribution in [3.63, 3.8) is 0 Å². The summed E-state index contributed by atoms with van der Waals surface area (Å²) in [7, 11) is 0. The van der Waals surface area contributed by atoms with Crippen LogP contribution in [0.3, 0.4) is 0 Å². The number of thiophene rings is 1. The van der Waals surface area contributed by atoms with Crippen LogP contribution in [0.15, 0.2) is 11.4 Å². The molecule has 1 rings (SSSR count). The highest BCUT2D eigenvalue weighted by molar-refractivity contribution is 7.10. The fourth-order valence-electron chi connectivity index (χ4n) is 0.973. The summed E-state index contributed by atoms with van der Waals surface area (Å²) in [6, 6.07) is 1.73. The summed E-state index contributed by atoms with van der Waals surface area (Å²) in [6.07, 6.45) is -0.833. The smallest absolute Gasteiger partial charge is 0.335 e. The topological polar surface area (TPSA) is 46.5 Å². The second-order valence-corrected chi connectivity index (χ2v) is 4.14. The summed E-state index contributed by atoms with van der Waals surface area (Å²) in [5.74, 6) is -0.586. The largest absolute Gasteiger partial charge is 0.464 e. The van der Waals surface area contributed by atoms with Crippen LogP contribution in [0.25, 0.3) is 0 Å². The van der Waals surface area contributed by atoms with Gasteiger partial charge in [0.2, 0.25) is 0 Å². The molecule has 1 aromatic rings. The molecule has 1 atom stereocenters. The molecule has 1 N–H and O–H groups in total. The highest BCUT2D eigenvalue weighted by atomic mass is 35.5. The van der Waals surface area contributed by atoms with Crippen molar-refractivity contribution in [1.82, 2.24) is 0 Å². The molecule has 0 aromatic carbocycles. The first kappa shape index (κ1) is 11.5. The lowest BCUT2D eigenvalue weighted by molar-refractivity contribution is -0.152. The van der Waals surface area contributed by atoms with Crippen LogP contribution in [0.4, 0.5) is 0 Å². The molecule has 0 amide bonds. The van der Waals surface area contributed by atoms with Crippen LogP contribution in [0, 0.1) is 0 Å². The van der Waals surface area contributed by atoms with E-state index in [1.54, 1.807) is 18.4 Å². The number of hydrogen-bond donors (Lipinski definition) is 1. The van der Waals surface area contributed by atoms with Crippen molar-refractivity contribution in [2.24, 2.45) is 0 Å². The van der Waals surface area contributed by atoms with E-state index in [-0.39, 0.29) is 13.0 Å². The number of esters is 1. The van der Waals surface area contributed by atoms with E-state index in [4.69, 9.17) is 11.6 Å². The van der Waals surface area contributed by atoms with Gasteiger partial charge in [0.05, 0.1) is 11.6 Å². The van der Waals surface area contributed by atoms with Gasteiger partial charge >= 0.3 is 5.97 Å². The van der Waals surface area contributed by atoms with E-state index in [9.17, 15) is 9.90 Å². The van der Waals surface area contributed by atoms with Crippen LogP contribution in [0.2, 0.25) is 5.02 Å². The third-order valence-electron chi connectivity index (χ3n) is 1.57. The Morgan fingerprint density at radius 2 is 2.50 bits per heavy atom. The number of carbonyl (C=O) groups excluding carboxylic acids is 1. The van der Waals surface area contributed by atoms with Gasteiger partial charge in [-0.05, 0) is 13.0 Å². The van der Waals surface area contributed by atoms with Gasteiger partial charge in [0.15, 0.2) is 6.10 Å². The maximum absolute atomic E-state index is 11.1. The van der Waals surface area contributed by atoms with Crippen molar-refractivity contribution < 1.29 is 14.6 Å². The second kappa shape index (κ2) is 5.34. The number of halogens is 1. The minimum Gasteiger partial charge on any atom is -0.464 e. The molecule has 5 heteroatoms. The monoisotopic (exact) mass is 234 g/mol. The lowest BCUT2D eigenvalue weighted by Gasteiger charge is -2.07. The number of hydrogen-bond acceptors (Lipinski definition) is 4. The molecule has 0 saturated heterocycles. The van der Waals surface area contributed by atoms with Crippen molar-refractivity contribution in [1.29, 1.82) is 0 Å². The van der Waals surface area contributed by atoms with Gasteiger partial charge in [-0.25, -0.2) is 4.79 Å². The predicted molar refractivity (Wildman–Crippen MR) is 55.7 cm³/mol. The van der Waals surface area contributed by atoms with Crippen LogP contribution < -0.4 is 0 Å². The van der Waals surface area contributed by atoms with Crippen LogP contribution in [0.5, 0.6) is 0 Å². The molecule has 3 nitrogen and oxygen atoms in total. The molecular weight excluding hydrogens is 224 g/mol. The Morgan fingerprint density at radius 3 is 3.00 bits per heavy atom. The SMILES string of the molecule is CCOC(=O)[C@H](O)Cc1cc(Cl)cs1. The van der Waals surface area contributed by atoms with Crippen LogP contribution >= 0.6 is 22.9 Å². The van der Waals surface area contributed by atoms with Crippen molar-refractivity contribution in [3.8, 4) is 0 Å². The lowest BCUT2D eigenvalue weighted by Crippen LogP contribution is -2.24. The Hall–Kier alpha value is -0.580. The van der Waals surface area contributed by atoms with Crippen LogP contribution in [-0.4, -0.2) is 23.8 Å². The quantitative estimate of drug-likeness (QED) is 0.809. The summed E-state index contributed by atoms with van der Waals surface area (Å²) in [5.41, 5.74) is 0. The fraction of sp³-hybridized carbons (Fsp3) is 0.444. The van der Waals surface area contributed by atoms with Gasteiger partial charge in [-0.1, -0.05) is 11.6 Å². The number of ether oxygens (including phenoxy) is 1. The zero-order chi connectivity index (χ0) is 10.6. The average molecular weight is 235 g/mol. The van der Waals surface area contributed by atoms with Crippen molar-refractivity contribution in [2.75, 3.05) is 6.61 Å². The van der Waals surface area contributed by atoms with Gasteiger partial charge in [-0.2, -0.15) is 0 Å². The van der Waals surface area contributed by atoms with Crippen LogP contribution in [0.1, 0.15) is 11.8 Å². The molecule has 0 bridgehead atoms. The van der Waals surface area contributed by atoms with Crippen molar-refractivity contribution >= 4 is 28.9 Å². The molecule has 1 aromatic heterocycles. The Labute approximate surface area is 91.3 Å². The van der Waals surface area contributed by atoms with Crippen molar-refractivity contribution in [2.45, 2.75) is 19.4 Å². The van der Waals surface area contributed by atoms with E-state index in [2.05, 4.69) is 4.74 Å². The van der Waals surface area contributed by atoms with E-state index in [1.807, 2.05) is 0 Å². The Morgan fingerprint density at radius 1 is 1.79 bits per heavy atom. The van der Waals surface area contributed by atoms with Gasteiger partial charge in [0, 0.05) is 16.7 Å². The molecule has 0 fully saturated rings. The predicted octanol–water partition coefficient (Wildman–Crippen LogP) is 1.87. The van der Waals surface area contributed by atoms with Crippen LogP contribution in [-0.2, 0) is 16.0 Å². The third-order valence-corrected chi connectivity index (χ3v) is 2.88. The first-order valence-electron chi connectivity index (χ1n) is 4.21. The molecule has 78 valence electrons. The maximum atomic E-state index is 11.1. The summed E-state index contributed by atoms with van der Waals surface area (Å²) in [5, 5.41) is 11.8. The molecule has 0 spiro atoms. The zero-order valence-corrected chi connectivity index (χ0v) is 9.27. The van der Waals surface area contributed by atoms with E-state index in [0.717, 1.165) is 4.88 Å². The number of aliphatic hydroxyl groups excluding tert-OH is 1. The molecule has 0 aliphatic heterocycles. The zero-order valence-electron chi connectivity index (χ0n) is 7.70. The Kier molecular flexibility index (Phi) is 4.38. The molecule has 0 aliphatic rings. The fourth-order valence-corrected chi connectivity index (χ4v) is 2.08. The second-order valence-electron chi connectivity index (χ2n) is 2.70. The van der Waals surface area contributed by atoms with E-state index >= 15 is 0 Å². The van der Waals surface area contributed by atoms with Gasteiger partial charge in [-0.15, -0.1) is 11.3 Å². The minimum atomic E-state index is -1.09. The van der Waals surface area contributed by atoms with Crippen molar-refractivity contribution in [3.05, 3.63) is 21.3 Å². The molecule has 0 unspecified atom stereocenters. The average Bonchev–Trinajstić information content (AvgIpc) is 2.51. The molecular formula is C9H11ClO3S. The standard InChI is InChI=1S/C9H11ClO3S/c1-2-13-9(12)8(11)4-7-3-6(10)5-14-7/h3,5,8,11H,2,4H2,1H3/t8-/m1/s1. The van der Waals surface area contributed by atoms with Gasteiger partial charge < -0.3 is 9.84 Å². The first-order chi connectivity index (χ1) is 6.63. The molecule has 14 heavy (non-hydrogen) atoms. The lowest BCUT2D eigenvalue weighted by atomic mass is 10.2. The highest BCUT2D eigenvalue weighted by Crippen LogP contribution is 2.20. The Balaban J connectivity index is 2.48. The molecule has 0 saturated carbocycles. The minimum absolute atomic E-state index is 0.260. The normalized spacial score (nSPS) is 12.5. The van der Waals surface area contributed by atoms with E-state index in [1.165, 1.54) is 11.3 Å². The molecule has 0 aliphatic carbocycles. The molecule has 1 heterocycles. The number of aliphatic hydroxyl groups is 1. The Bertz CT molecular complexity index is 311. The van der Waals surface area contributed by atoms with Gasteiger partial charge in [0.1, 0.15) is 0 Å². The summed E-state index contributed by atoms with van der Waals surface area (Å²) >= 11 is 7.11. The third kappa shape index (κ3) is 3.29. The highest BCUT2D eigenvalue weighted by Gasteiger charge is 2.17. The summed E-state index contributed by atoms with van der Waals surface area (Å²) in [6.45, 7) is 1.98. The van der Waals surface area contributed by atoms with Gasteiger partial charge in [-0.3, -0.25) is 0 Å². The van der Waals surface area contributed by atoms with Gasteiger partial charge in [0.25, 0.3) is 0 Å².